The smallest absolute Gasteiger partial charge is 0.217 e. The Morgan fingerprint density at radius 2 is 1.62 bits per heavy atom. The maximum absolute atomic E-state index is 12.4. The van der Waals surface area contributed by atoms with Crippen molar-refractivity contribution >= 4 is 26.8 Å². The molecule has 0 saturated heterocycles. The molecule has 0 fully saturated rings. The summed E-state index contributed by atoms with van der Waals surface area (Å²) < 4.78 is 6.75. The Morgan fingerprint density at radius 1 is 0.969 bits per heavy atom. The van der Waals surface area contributed by atoms with Crippen LogP contribution in [0.3, 0.4) is 0 Å². The summed E-state index contributed by atoms with van der Waals surface area (Å²) in [6, 6.07) is 28.0. The molecule has 0 radical (unpaired) electrons. The van der Waals surface area contributed by atoms with Gasteiger partial charge in [-0.3, -0.25) is 0 Å². The molecule has 0 aliphatic carbocycles. The van der Waals surface area contributed by atoms with Crippen LogP contribution in [0.4, 0.5) is 0 Å². The number of hydrogen-bond acceptors (Lipinski definition) is 4. The molecule has 5 heteroatoms. The van der Waals surface area contributed by atoms with Gasteiger partial charge in [0.1, 0.15) is 5.60 Å². The number of fused-ring (bicyclic) bond motifs is 1. The third-order valence-electron chi connectivity index (χ3n) is 5.72. The quantitative estimate of drug-likeness (QED) is 0.366. The van der Waals surface area contributed by atoms with Gasteiger partial charge in [0.25, 0.3) is 0 Å². The number of benzene rings is 3. The van der Waals surface area contributed by atoms with Crippen molar-refractivity contribution in [2.45, 2.75) is 11.5 Å². The number of methoxy groups -OCH3 is 1. The maximum atomic E-state index is 12.4. The van der Waals surface area contributed by atoms with Crippen LogP contribution in [-0.4, -0.2) is 42.7 Å². The molecule has 164 valence electrons. The number of rotatable bonds is 7. The molecule has 1 heterocycles. The second-order valence-electron chi connectivity index (χ2n) is 8.30. The molecule has 0 aliphatic heterocycles. The summed E-state index contributed by atoms with van der Waals surface area (Å²) in [6.07, 6.45) is 0. The van der Waals surface area contributed by atoms with Crippen molar-refractivity contribution in [2.75, 3.05) is 27.7 Å². The fourth-order valence-electron chi connectivity index (χ4n) is 4.43. The molecular formula is C27H27BrN2O2. The van der Waals surface area contributed by atoms with Gasteiger partial charge in [-0.15, -0.1) is 0 Å². The van der Waals surface area contributed by atoms with E-state index in [1.165, 1.54) is 0 Å². The minimum Gasteiger partial charge on any atom is -0.481 e. The fourth-order valence-corrected chi connectivity index (χ4v) is 4.81. The molecule has 1 N–H and O–H groups in total. The first-order valence-corrected chi connectivity index (χ1v) is 11.3. The minimum atomic E-state index is -1.22. The molecule has 2 atom stereocenters. The Hall–Kier alpha value is -2.73. The van der Waals surface area contributed by atoms with Gasteiger partial charge in [0, 0.05) is 27.9 Å². The number of nitrogens with zero attached hydrogens (tertiary/aromatic N) is 2. The predicted molar refractivity (Wildman–Crippen MR) is 133 cm³/mol. The van der Waals surface area contributed by atoms with E-state index in [0.717, 1.165) is 32.1 Å². The van der Waals surface area contributed by atoms with Crippen LogP contribution >= 0.6 is 15.9 Å². The van der Waals surface area contributed by atoms with Crippen LogP contribution in [0.5, 0.6) is 5.88 Å². The highest BCUT2D eigenvalue weighted by Crippen LogP contribution is 2.45. The van der Waals surface area contributed by atoms with E-state index in [2.05, 4.69) is 34.1 Å². The van der Waals surface area contributed by atoms with Crippen molar-refractivity contribution in [1.82, 2.24) is 9.88 Å². The molecule has 0 spiro atoms. The summed E-state index contributed by atoms with van der Waals surface area (Å²) in [6.45, 7) is 0.427. The van der Waals surface area contributed by atoms with Gasteiger partial charge in [0.2, 0.25) is 5.88 Å². The van der Waals surface area contributed by atoms with E-state index in [1.54, 1.807) is 7.11 Å². The zero-order valence-corrected chi connectivity index (χ0v) is 20.1. The Balaban J connectivity index is 2.03. The third kappa shape index (κ3) is 4.42. The standard InChI is InChI=1S/C27H27BrN2O2/c1-30(2)18-27(31,21-12-8-5-9-13-21)25(19-10-6-4-7-11-19)23-17-20-16-22(28)14-15-24(20)29-26(23)32-3/h4-17,25,31H,18H2,1-3H3. The predicted octanol–water partition coefficient (Wildman–Crippen LogP) is 5.59. The number of likely N-dealkylation sites (N-methyl/N-ethyl adjacent to an activating group) is 1. The topological polar surface area (TPSA) is 45.6 Å². The van der Waals surface area contributed by atoms with Crippen molar-refractivity contribution in [3.05, 3.63) is 106 Å². The van der Waals surface area contributed by atoms with Crippen LogP contribution < -0.4 is 4.74 Å². The van der Waals surface area contributed by atoms with E-state index in [9.17, 15) is 5.11 Å². The van der Waals surface area contributed by atoms with E-state index < -0.39 is 11.5 Å². The number of ether oxygens (including phenoxy) is 1. The van der Waals surface area contributed by atoms with Gasteiger partial charge in [0.05, 0.1) is 12.6 Å². The first-order chi connectivity index (χ1) is 15.4. The van der Waals surface area contributed by atoms with Crippen molar-refractivity contribution in [1.29, 1.82) is 0 Å². The lowest BCUT2D eigenvalue weighted by atomic mass is 9.73. The molecular weight excluding hydrogens is 464 g/mol. The minimum absolute atomic E-state index is 0.403. The molecule has 2 unspecified atom stereocenters. The maximum Gasteiger partial charge on any atom is 0.217 e. The summed E-state index contributed by atoms with van der Waals surface area (Å²) in [4.78, 5) is 6.81. The zero-order chi connectivity index (χ0) is 22.7. The summed E-state index contributed by atoms with van der Waals surface area (Å²) in [5.41, 5.74) is 2.31. The third-order valence-corrected chi connectivity index (χ3v) is 6.21. The van der Waals surface area contributed by atoms with Crippen molar-refractivity contribution < 1.29 is 9.84 Å². The first kappa shape index (κ1) is 22.5. The van der Waals surface area contributed by atoms with Crippen LogP contribution in [0.2, 0.25) is 0 Å². The van der Waals surface area contributed by atoms with Crippen molar-refractivity contribution in [3.63, 3.8) is 0 Å². The molecule has 3 aromatic carbocycles. The number of aromatic nitrogens is 1. The molecule has 32 heavy (non-hydrogen) atoms. The second kappa shape index (κ2) is 9.41. The summed E-state index contributed by atoms with van der Waals surface area (Å²) in [7, 11) is 5.58. The molecule has 0 bridgehead atoms. The Labute approximate surface area is 197 Å². The van der Waals surface area contributed by atoms with Gasteiger partial charge in [0.15, 0.2) is 0 Å². The Morgan fingerprint density at radius 3 is 2.25 bits per heavy atom. The normalized spacial score (nSPS) is 14.3. The van der Waals surface area contributed by atoms with E-state index in [0.29, 0.717) is 12.4 Å². The lowest BCUT2D eigenvalue weighted by molar-refractivity contribution is -0.00481. The summed E-state index contributed by atoms with van der Waals surface area (Å²) >= 11 is 3.57. The largest absolute Gasteiger partial charge is 0.481 e. The second-order valence-corrected chi connectivity index (χ2v) is 9.21. The lowest BCUT2D eigenvalue weighted by Gasteiger charge is -2.39. The van der Waals surface area contributed by atoms with E-state index in [1.807, 2.05) is 85.7 Å². The summed E-state index contributed by atoms with van der Waals surface area (Å²) in [5.74, 6) is 0.112. The first-order valence-electron chi connectivity index (χ1n) is 10.5. The number of hydrogen-bond donors (Lipinski definition) is 1. The molecule has 1 aromatic heterocycles. The Kier molecular flexibility index (Phi) is 6.60. The molecule has 4 aromatic rings. The van der Waals surface area contributed by atoms with Gasteiger partial charge in [-0.1, -0.05) is 76.6 Å². The summed E-state index contributed by atoms with van der Waals surface area (Å²) in [5, 5.41) is 13.4. The average Bonchev–Trinajstić information content (AvgIpc) is 2.79. The van der Waals surface area contributed by atoms with Crippen LogP contribution in [0.15, 0.2) is 89.4 Å². The van der Waals surface area contributed by atoms with Crippen molar-refractivity contribution in [3.8, 4) is 5.88 Å². The number of aliphatic hydroxyl groups is 1. The monoisotopic (exact) mass is 490 g/mol. The van der Waals surface area contributed by atoms with Crippen LogP contribution in [-0.2, 0) is 5.60 Å². The van der Waals surface area contributed by atoms with Crippen LogP contribution in [0, 0.1) is 0 Å². The molecule has 0 amide bonds. The highest BCUT2D eigenvalue weighted by Gasteiger charge is 2.42. The number of halogens is 1. The number of pyridine rings is 1. The van der Waals surface area contributed by atoms with E-state index in [-0.39, 0.29) is 0 Å². The lowest BCUT2D eigenvalue weighted by Crippen LogP contribution is -2.43. The molecule has 0 aliphatic rings. The SMILES string of the molecule is COc1nc2ccc(Br)cc2cc1C(c1ccccc1)C(O)(CN(C)C)c1ccccc1. The van der Waals surface area contributed by atoms with E-state index >= 15 is 0 Å². The van der Waals surface area contributed by atoms with Crippen molar-refractivity contribution in [2.24, 2.45) is 0 Å². The zero-order valence-electron chi connectivity index (χ0n) is 18.5. The van der Waals surface area contributed by atoms with Gasteiger partial charge >= 0.3 is 0 Å². The Bertz CT molecular complexity index is 1200. The van der Waals surface area contributed by atoms with E-state index in [4.69, 9.17) is 9.72 Å². The van der Waals surface area contributed by atoms with Crippen LogP contribution in [0.1, 0.15) is 22.6 Å². The molecule has 4 nitrogen and oxygen atoms in total. The van der Waals surface area contributed by atoms with Gasteiger partial charge in [-0.05, 0) is 49.5 Å². The van der Waals surface area contributed by atoms with Gasteiger partial charge < -0.3 is 14.7 Å². The van der Waals surface area contributed by atoms with Gasteiger partial charge in [-0.25, -0.2) is 4.98 Å². The highest BCUT2D eigenvalue weighted by molar-refractivity contribution is 9.10. The molecule has 0 saturated carbocycles. The van der Waals surface area contributed by atoms with Gasteiger partial charge in [-0.2, -0.15) is 0 Å². The highest BCUT2D eigenvalue weighted by atomic mass is 79.9. The molecule has 4 rings (SSSR count). The fraction of sp³-hybridized carbons (Fsp3) is 0.222. The van der Waals surface area contributed by atoms with Crippen LogP contribution in [0.25, 0.3) is 10.9 Å². The average molecular weight is 491 g/mol.